The van der Waals surface area contributed by atoms with Crippen LogP contribution in [0.1, 0.15) is 59.5 Å². The van der Waals surface area contributed by atoms with E-state index in [4.69, 9.17) is 11.6 Å². The third-order valence-corrected chi connectivity index (χ3v) is 10.5. The standard InChI is InChI=1S/C35H36ClF5N10O4/c1-3-25-28(48-10-12-49(13-11-48)31(54)27-29(53)19(2)42-18-43-27)32(55)51-33(45-30(46-51)20-6-8-47(9-7-20)22-15-34(37,38)16-22)50(25)17-26(52)44-24-5-4-21(14-23(24)36)35(39,40)41/h4-6,14,18,22,53H,3,7-13,15-17H2,1-2H3,(H,44,52). The summed E-state index contributed by atoms with van der Waals surface area (Å²) in [7, 11) is 0. The second-order valence-corrected chi connectivity index (χ2v) is 14.2. The van der Waals surface area contributed by atoms with E-state index in [0.717, 1.165) is 16.6 Å². The van der Waals surface area contributed by atoms with Gasteiger partial charge in [0.1, 0.15) is 18.6 Å². The maximum Gasteiger partial charge on any atom is 0.416 e. The van der Waals surface area contributed by atoms with E-state index in [1.54, 1.807) is 18.7 Å². The number of hydrogen-bond donors (Lipinski definition) is 2. The minimum absolute atomic E-state index is 0.0413. The quantitative estimate of drug-likeness (QED) is 0.246. The highest BCUT2D eigenvalue weighted by Gasteiger charge is 2.48. The number of benzene rings is 1. The van der Waals surface area contributed by atoms with E-state index < -0.39 is 41.6 Å². The van der Waals surface area contributed by atoms with E-state index in [9.17, 15) is 41.4 Å². The molecule has 2 amide bonds. The summed E-state index contributed by atoms with van der Waals surface area (Å²) in [5, 5.41) is 17.2. The fourth-order valence-corrected chi connectivity index (χ4v) is 7.43. The van der Waals surface area contributed by atoms with Gasteiger partial charge in [-0.2, -0.15) is 22.7 Å². The van der Waals surface area contributed by atoms with Gasteiger partial charge in [-0.1, -0.05) is 24.6 Å². The molecule has 0 unspecified atom stereocenters. The first-order valence-electron chi connectivity index (χ1n) is 17.6. The highest BCUT2D eigenvalue weighted by molar-refractivity contribution is 6.33. The molecule has 0 radical (unpaired) electrons. The maximum absolute atomic E-state index is 14.3. The van der Waals surface area contributed by atoms with Gasteiger partial charge in [0.15, 0.2) is 17.3 Å². The van der Waals surface area contributed by atoms with Gasteiger partial charge in [-0.15, -0.1) is 5.10 Å². The van der Waals surface area contributed by atoms with Gasteiger partial charge in [-0.05, 0) is 43.5 Å². The molecule has 1 aromatic carbocycles. The van der Waals surface area contributed by atoms with E-state index in [-0.39, 0.29) is 96.6 Å². The Hall–Kier alpha value is -5.17. The topological polar surface area (TPSA) is 154 Å². The molecule has 2 aliphatic heterocycles. The Morgan fingerprint density at radius 2 is 1.82 bits per heavy atom. The molecule has 55 heavy (non-hydrogen) atoms. The molecular formula is C35H36ClF5N10O4. The molecule has 2 fully saturated rings. The van der Waals surface area contributed by atoms with Crippen molar-refractivity contribution in [3.8, 4) is 5.75 Å². The molecular weight excluding hydrogens is 755 g/mol. The Labute approximate surface area is 315 Å². The number of aryl methyl sites for hydroxylation is 1. The molecule has 3 aromatic heterocycles. The second kappa shape index (κ2) is 14.5. The highest BCUT2D eigenvalue weighted by atomic mass is 35.5. The zero-order valence-electron chi connectivity index (χ0n) is 29.7. The van der Waals surface area contributed by atoms with Crippen molar-refractivity contribution in [2.24, 2.45) is 0 Å². The SMILES string of the molecule is CCc1c(N2CCN(C(=O)c3ncnc(C)c3O)CC2)c(=O)n2nc(C3=CCN(C4CC(F)(F)C4)CC3)nc2n1CC(=O)Nc1ccc(C(F)(F)F)cc1Cl. The molecule has 20 heteroatoms. The van der Waals surface area contributed by atoms with Crippen LogP contribution in [0.4, 0.5) is 33.3 Å². The van der Waals surface area contributed by atoms with E-state index in [1.165, 1.54) is 15.8 Å². The largest absolute Gasteiger partial charge is 0.504 e. The molecule has 4 aromatic rings. The first kappa shape index (κ1) is 38.1. The Kier molecular flexibility index (Phi) is 10.0. The van der Waals surface area contributed by atoms with Crippen molar-refractivity contribution < 1.29 is 36.6 Å². The Balaban J connectivity index is 1.21. The third-order valence-electron chi connectivity index (χ3n) is 10.2. The molecule has 14 nitrogen and oxygen atoms in total. The molecule has 2 N–H and O–H groups in total. The molecule has 3 aliphatic rings. The van der Waals surface area contributed by atoms with Gasteiger partial charge < -0.3 is 24.8 Å². The zero-order chi connectivity index (χ0) is 39.4. The average molecular weight is 791 g/mol. The van der Waals surface area contributed by atoms with E-state index in [2.05, 4.69) is 25.4 Å². The summed E-state index contributed by atoms with van der Waals surface area (Å²) in [5.41, 5.74) is -0.108. The van der Waals surface area contributed by atoms with Gasteiger partial charge >= 0.3 is 6.18 Å². The van der Waals surface area contributed by atoms with E-state index in [0.29, 0.717) is 36.8 Å². The summed E-state index contributed by atoms with van der Waals surface area (Å²) >= 11 is 6.13. The van der Waals surface area contributed by atoms with Gasteiger partial charge in [0.05, 0.1) is 27.7 Å². The van der Waals surface area contributed by atoms with E-state index in [1.807, 2.05) is 11.0 Å². The summed E-state index contributed by atoms with van der Waals surface area (Å²) < 4.78 is 69.5. The molecule has 0 atom stereocenters. The Morgan fingerprint density at radius 3 is 2.44 bits per heavy atom. The first-order chi connectivity index (χ1) is 26.0. The number of alkyl halides is 5. The second-order valence-electron chi connectivity index (χ2n) is 13.8. The van der Waals surface area contributed by atoms with Gasteiger partial charge in [-0.3, -0.25) is 19.3 Å². The van der Waals surface area contributed by atoms with Gasteiger partial charge in [0, 0.05) is 58.2 Å². The first-order valence-corrected chi connectivity index (χ1v) is 18.0. The number of carbonyl (C=O) groups is 2. The van der Waals surface area contributed by atoms with Crippen LogP contribution in [-0.4, -0.2) is 107 Å². The van der Waals surface area contributed by atoms with Crippen LogP contribution in [0, 0.1) is 6.92 Å². The number of nitrogens with one attached hydrogen (secondary N) is 1. The Bertz CT molecular complexity index is 2260. The van der Waals surface area contributed by atoms with Crippen molar-refractivity contribution >= 4 is 46.1 Å². The number of aromatic nitrogens is 6. The van der Waals surface area contributed by atoms with Crippen molar-refractivity contribution in [1.29, 1.82) is 0 Å². The lowest BCUT2D eigenvalue weighted by atomic mass is 9.86. The lowest BCUT2D eigenvalue weighted by Gasteiger charge is -2.43. The van der Waals surface area contributed by atoms with Gasteiger partial charge in [0.25, 0.3) is 17.4 Å². The number of hydrogen-bond acceptors (Lipinski definition) is 10. The summed E-state index contributed by atoms with van der Waals surface area (Å²) in [6.45, 7) is 4.50. The summed E-state index contributed by atoms with van der Waals surface area (Å²) in [5.74, 6) is -3.88. The van der Waals surface area contributed by atoms with Crippen LogP contribution in [-0.2, 0) is 23.9 Å². The van der Waals surface area contributed by atoms with Crippen LogP contribution in [0.3, 0.4) is 0 Å². The molecule has 1 aliphatic carbocycles. The molecule has 7 rings (SSSR count). The predicted molar refractivity (Wildman–Crippen MR) is 190 cm³/mol. The third kappa shape index (κ3) is 7.46. The smallest absolute Gasteiger partial charge is 0.416 e. The van der Waals surface area contributed by atoms with E-state index >= 15 is 0 Å². The lowest BCUT2D eigenvalue weighted by Crippen LogP contribution is -2.51. The summed E-state index contributed by atoms with van der Waals surface area (Å²) in [6, 6.07) is 2.34. The number of fused-ring (bicyclic) bond motifs is 1. The normalized spacial score (nSPS) is 18.0. The number of piperazine rings is 1. The van der Waals surface area contributed by atoms with Crippen LogP contribution in [0.2, 0.25) is 5.02 Å². The molecule has 0 bridgehead atoms. The number of halogens is 6. The highest BCUT2D eigenvalue weighted by Crippen LogP contribution is 2.41. The molecule has 0 spiro atoms. The van der Waals surface area contributed by atoms with Crippen LogP contribution in [0.15, 0.2) is 35.4 Å². The number of rotatable bonds is 8. The number of anilines is 2. The van der Waals surface area contributed by atoms with Crippen LogP contribution in [0.5, 0.6) is 5.75 Å². The maximum atomic E-state index is 14.3. The van der Waals surface area contributed by atoms with Crippen LogP contribution in [0.25, 0.3) is 11.4 Å². The van der Waals surface area contributed by atoms with Crippen LogP contribution >= 0.6 is 11.6 Å². The monoisotopic (exact) mass is 790 g/mol. The number of carbonyl (C=O) groups excluding carboxylic acids is 2. The lowest BCUT2D eigenvalue weighted by molar-refractivity contribution is -0.137. The summed E-state index contributed by atoms with van der Waals surface area (Å²) in [6.07, 6.45) is -1.32. The van der Waals surface area contributed by atoms with Crippen LogP contribution < -0.4 is 15.8 Å². The molecule has 5 heterocycles. The fourth-order valence-electron chi connectivity index (χ4n) is 7.21. The van der Waals surface area contributed by atoms with Crippen molar-refractivity contribution in [2.45, 2.75) is 64.2 Å². The van der Waals surface area contributed by atoms with Crippen molar-refractivity contribution in [1.82, 2.24) is 38.9 Å². The minimum atomic E-state index is -4.64. The zero-order valence-corrected chi connectivity index (χ0v) is 30.5. The number of amides is 2. The average Bonchev–Trinajstić information content (AvgIpc) is 3.59. The molecule has 1 saturated heterocycles. The van der Waals surface area contributed by atoms with Gasteiger partial charge in [0.2, 0.25) is 11.7 Å². The number of nitrogens with zero attached hydrogens (tertiary/aromatic N) is 9. The predicted octanol–water partition coefficient (Wildman–Crippen LogP) is 4.42. The Morgan fingerprint density at radius 1 is 1.09 bits per heavy atom. The number of aromatic hydroxyl groups is 1. The molecule has 1 saturated carbocycles. The van der Waals surface area contributed by atoms with Gasteiger partial charge in [-0.25, -0.2) is 18.7 Å². The molecule has 292 valence electrons. The van der Waals surface area contributed by atoms with Crippen molar-refractivity contribution in [3.05, 3.63) is 74.4 Å². The van der Waals surface area contributed by atoms with Crippen molar-refractivity contribution in [3.63, 3.8) is 0 Å². The minimum Gasteiger partial charge on any atom is -0.504 e. The fraction of sp³-hybridized carbons (Fsp3) is 0.457. The summed E-state index contributed by atoms with van der Waals surface area (Å²) in [4.78, 5) is 59.0. The van der Waals surface area contributed by atoms with Crippen molar-refractivity contribution in [2.75, 3.05) is 49.5 Å².